The minimum atomic E-state index is -0.0267. The van der Waals surface area contributed by atoms with Crippen LogP contribution < -0.4 is 9.64 Å². The van der Waals surface area contributed by atoms with Crippen molar-refractivity contribution in [2.45, 2.75) is 13.0 Å². The molecular weight excluding hydrogens is 322 g/mol. The Hall–Kier alpha value is -1.66. The molecule has 5 nitrogen and oxygen atoms in total. The number of hydrogen-bond donors (Lipinski definition) is 1. The predicted octanol–water partition coefficient (Wildman–Crippen LogP) is 2.85. The van der Waals surface area contributed by atoms with Crippen LogP contribution in [0.3, 0.4) is 0 Å². The lowest BCUT2D eigenvalue weighted by atomic mass is 10.3. The monoisotopic (exact) mass is 337 g/mol. The van der Waals surface area contributed by atoms with Crippen LogP contribution in [-0.2, 0) is 0 Å². The number of hydrogen-bond acceptors (Lipinski definition) is 5. The van der Waals surface area contributed by atoms with Crippen molar-refractivity contribution in [3.8, 4) is 11.6 Å². The second kappa shape index (κ2) is 6.67. The first-order valence-electron chi connectivity index (χ1n) is 6.20. The fourth-order valence-corrected chi connectivity index (χ4v) is 1.93. The summed E-state index contributed by atoms with van der Waals surface area (Å²) in [7, 11) is 1.87. The number of anilines is 1. The molecule has 0 bridgehead atoms. The maximum atomic E-state index is 9.18. The van der Waals surface area contributed by atoms with Gasteiger partial charge in [0.15, 0.2) is 0 Å². The summed E-state index contributed by atoms with van der Waals surface area (Å²) >= 11 is 3.42. The number of benzene rings is 1. The Bertz CT molecular complexity index is 580. The number of likely N-dealkylation sites (N-methyl/N-ethyl adjacent to an activating group) is 1. The number of nitrogens with zero attached hydrogens (tertiary/aromatic N) is 3. The van der Waals surface area contributed by atoms with Gasteiger partial charge in [0.05, 0.1) is 17.1 Å². The molecule has 1 N–H and O–H groups in total. The van der Waals surface area contributed by atoms with Crippen LogP contribution in [0.4, 0.5) is 5.82 Å². The molecule has 0 aliphatic heterocycles. The molecule has 0 saturated heterocycles. The summed E-state index contributed by atoms with van der Waals surface area (Å²) < 4.78 is 6.58. The van der Waals surface area contributed by atoms with Crippen molar-refractivity contribution < 1.29 is 9.84 Å². The number of rotatable bonds is 5. The van der Waals surface area contributed by atoms with Gasteiger partial charge in [-0.25, -0.2) is 9.97 Å². The number of halogens is 1. The summed E-state index contributed by atoms with van der Waals surface area (Å²) in [5, 5.41) is 9.18. The minimum absolute atomic E-state index is 0.0267. The largest absolute Gasteiger partial charge is 0.438 e. The molecule has 0 saturated carbocycles. The first-order valence-corrected chi connectivity index (χ1v) is 6.99. The van der Waals surface area contributed by atoms with Crippen molar-refractivity contribution in [2.24, 2.45) is 0 Å². The molecule has 1 atom stereocenters. The van der Waals surface area contributed by atoms with Gasteiger partial charge in [-0.2, -0.15) is 0 Å². The van der Waals surface area contributed by atoms with Crippen molar-refractivity contribution in [1.29, 1.82) is 0 Å². The van der Waals surface area contributed by atoms with Crippen molar-refractivity contribution >= 4 is 21.7 Å². The normalized spacial score (nSPS) is 12.0. The van der Waals surface area contributed by atoms with Crippen LogP contribution >= 0.6 is 15.9 Å². The van der Waals surface area contributed by atoms with Crippen molar-refractivity contribution in [1.82, 2.24) is 9.97 Å². The molecule has 6 heteroatoms. The molecule has 0 radical (unpaired) electrons. The fraction of sp³-hybridized carbons (Fsp3) is 0.286. The molecule has 106 valence electrons. The van der Waals surface area contributed by atoms with Gasteiger partial charge in [-0.1, -0.05) is 12.1 Å². The summed E-state index contributed by atoms with van der Waals surface area (Å²) in [6.07, 6.45) is 1.45. The maximum Gasteiger partial charge on any atom is 0.224 e. The van der Waals surface area contributed by atoms with E-state index in [1.807, 2.05) is 43.1 Å². The van der Waals surface area contributed by atoms with E-state index in [0.29, 0.717) is 17.4 Å². The molecule has 1 heterocycles. The van der Waals surface area contributed by atoms with Gasteiger partial charge in [-0.15, -0.1) is 0 Å². The van der Waals surface area contributed by atoms with Crippen LogP contribution in [0.5, 0.6) is 11.6 Å². The first-order chi connectivity index (χ1) is 9.61. The second-order valence-corrected chi connectivity index (χ2v) is 5.24. The lowest BCUT2D eigenvalue weighted by Gasteiger charge is -2.24. The standard InChI is InChI=1S/C14H16BrN3O2/c1-10(8-19)18(2)13-7-14(17-9-16-13)20-12-6-4-3-5-11(12)15/h3-7,9-10,19H,8H2,1-2H3/t10-/m0/s1. The number of aliphatic hydroxyl groups excluding tert-OH is 1. The Morgan fingerprint density at radius 1 is 1.35 bits per heavy atom. The van der Waals surface area contributed by atoms with E-state index < -0.39 is 0 Å². The molecule has 20 heavy (non-hydrogen) atoms. The van der Waals surface area contributed by atoms with Crippen LogP contribution in [0.15, 0.2) is 41.1 Å². The topological polar surface area (TPSA) is 58.5 Å². The van der Waals surface area contributed by atoms with Gasteiger partial charge in [0.1, 0.15) is 17.9 Å². The van der Waals surface area contributed by atoms with Crippen LogP contribution in [0.1, 0.15) is 6.92 Å². The van der Waals surface area contributed by atoms with Gasteiger partial charge in [0.25, 0.3) is 0 Å². The van der Waals surface area contributed by atoms with Crippen LogP contribution in [0, 0.1) is 0 Å². The minimum Gasteiger partial charge on any atom is -0.438 e. The zero-order valence-electron chi connectivity index (χ0n) is 11.3. The zero-order chi connectivity index (χ0) is 14.5. The molecule has 1 aromatic heterocycles. The van der Waals surface area contributed by atoms with Gasteiger partial charge in [0, 0.05) is 13.1 Å². The summed E-state index contributed by atoms with van der Waals surface area (Å²) in [5.74, 6) is 1.84. The predicted molar refractivity (Wildman–Crippen MR) is 81.2 cm³/mol. The third-order valence-electron chi connectivity index (χ3n) is 2.97. The molecule has 2 aromatic rings. The fourth-order valence-electron chi connectivity index (χ4n) is 1.57. The van der Waals surface area contributed by atoms with E-state index >= 15 is 0 Å². The van der Waals surface area contributed by atoms with Crippen LogP contribution in [-0.4, -0.2) is 34.8 Å². The Morgan fingerprint density at radius 2 is 2.10 bits per heavy atom. The number of para-hydroxylation sites is 1. The number of aromatic nitrogens is 2. The van der Waals surface area contributed by atoms with Crippen molar-refractivity contribution in [3.05, 3.63) is 41.1 Å². The summed E-state index contributed by atoms with van der Waals surface area (Å²) in [6, 6.07) is 9.28. The molecule has 0 aliphatic carbocycles. The summed E-state index contributed by atoms with van der Waals surface area (Å²) in [4.78, 5) is 10.2. The average Bonchev–Trinajstić information content (AvgIpc) is 2.48. The molecule has 1 aromatic carbocycles. The highest BCUT2D eigenvalue weighted by Crippen LogP contribution is 2.29. The van der Waals surface area contributed by atoms with E-state index in [4.69, 9.17) is 4.74 Å². The van der Waals surface area contributed by atoms with Gasteiger partial charge >= 0.3 is 0 Å². The van der Waals surface area contributed by atoms with Gasteiger partial charge in [-0.3, -0.25) is 0 Å². The quantitative estimate of drug-likeness (QED) is 0.909. The zero-order valence-corrected chi connectivity index (χ0v) is 12.9. The van der Waals surface area contributed by atoms with E-state index in [0.717, 1.165) is 4.47 Å². The Labute approximate surface area is 126 Å². The van der Waals surface area contributed by atoms with Gasteiger partial charge in [-0.05, 0) is 35.0 Å². The highest BCUT2D eigenvalue weighted by molar-refractivity contribution is 9.10. The molecule has 0 unspecified atom stereocenters. The van der Waals surface area contributed by atoms with E-state index in [2.05, 4.69) is 25.9 Å². The number of aliphatic hydroxyl groups is 1. The Kier molecular flexibility index (Phi) is 4.92. The smallest absolute Gasteiger partial charge is 0.224 e. The molecule has 0 spiro atoms. The van der Waals surface area contributed by atoms with E-state index in [9.17, 15) is 5.11 Å². The highest BCUT2D eigenvalue weighted by Gasteiger charge is 2.12. The molecule has 0 amide bonds. The van der Waals surface area contributed by atoms with Gasteiger partial charge in [0.2, 0.25) is 5.88 Å². The average molecular weight is 338 g/mol. The highest BCUT2D eigenvalue weighted by atomic mass is 79.9. The van der Waals surface area contributed by atoms with Crippen molar-refractivity contribution in [2.75, 3.05) is 18.6 Å². The maximum absolute atomic E-state index is 9.18. The lowest BCUT2D eigenvalue weighted by molar-refractivity contribution is 0.269. The van der Waals surface area contributed by atoms with Crippen LogP contribution in [0.25, 0.3) is 0 Å². The third kappa shape index (κ3) is 3.46. The third-order valence-corrected chi connectivity index (χ3v) is 3.62. The number of ether oxygens (including phenoxy) is 1. The summed E-state index contributed by atoms with van der Waals surface area (Å²) in [6.45, 7) is 1.97. The molecular formula is C14H16BrN3O2. The first kappa shape index (κ1) is 14.7. The Morgan fingerprint density at radius 3 is 2.80 bits per heavy atom. The van der Waals surface area contributed by atoms with Crippen molar-refractivity contribution in [3.63, 3.8) is 0 Å². The second-order valence-electron chi connectivity index (χ2n) is 4.39. The molecule has 0 aliphatic rings. The summed E-state index contributed by atoms with van der Waals surface area (Å²) in [5.41, 5.74) is 0. The lowest BCUT2D eigenvalue weighted by Crippen LogP contribution is -2.32. The SMILES string of the molecule is C[C@@H](CO)N(C)c1cc(Oc2ccccc2Br)ncn1. The van der Waals surface area contributed by atoms with E-state index in [1.54, 1.807) is 6.07 Å². The Balaban J connectivity index is 2.20. The van der Waals surface area contributed by atoms with Crippen LogP contribution in [0.2, 0.25) is 0 Å². The van der Waals surface area contributed by atoms with E-state index in [1.165, 1.54) is 6.33 Å². The molecule has 0 fully saturated rings. The van der Waals surface area contributed by atoms with E-state index in [-0.39, 0.29) is 12.6 Å². The van der Waals surface area contributed by atoms with Gasteiger partial charge < -0.3 is 14.7 Å². The molecule has 2 rings (SSSR count).